The molecule has 4 nitrogen and oxygen atoms in total. The number of fused-ring (bicyclic) bond motifs is 3. The lowest BCUT2D eigenvalue weighted by atomic mass is 10.1. The minimum Gasteiger partial charge on any atom is -0.450 e. The number of aryl methyl sites for hydroxylation is 2. The van der Waals surface area contributed by atoms with Crippen LogP contribution < -0.4 is 5.32 Å². The number of rotatable bonds is 6. The third-order valence-corrected chi connectivity index (χ3v) is 4.36. The highest BCUT2D eigenvalue weighted by Crippen LogP contribution is 2.31. The molecule has 0 amide bonds. The van der Waals surface area contributed by atoms with E-state index in [0.29, 0.717) is 0 Å². The van der Waals surface area contributed by atoms with Crippen LogP contribution in [0.25, 0.3) is 22.1 Å². The Morgan fingerprint density at radius 2 is 1.76 bits per heavy atom. The average molecular weight is 331 g/mol. The summed E-state index contributed by atoms with van der Waals surface area (Å²) in [6, 6.07) is 18.6. The van der Waals surface area contributed by atoms with Crippen LogP contribution in [0.15, 0.2) is 59.0 Å². The number of nitrogens with zero attached hydrogens (tertiary/aromatic N) is 2. The fourth-order valence-corrected chi connectivity index (χ4v) is 3.06. The minimum atomic E-state index is 0.748. The third kappa shape index (κ3) is 3.20. The Morgan fingerprint density at radius 3 is 2.60 bits per heavy atom. The van der Waals surface area contributed by atoms with Crippen LogP contribution in [0.2, 0.25) is 0 Å². The lowest BCUT2D eigenvalue weighted by Crippen LogP contribution is -2.07. The van der Waals surface area contributed by atoms with E-state index < -0.39 is 0 Å². The van der Waals surface area contributed by atoms with Crippen molar-refractivity contribution < 1.29 is 4.42 Å². The highest BCUT2D eigenvalue weighted by atomic mass is 16.3. The molecule has 0 unspecified atom stereocenters. The minimum absolute atomic E-state index is 0.748. The molecule has 0 saturated heterocycles. The zero-order chi connectivity index (χ0) is 17.1. The number of aromatic nitrogens is 2. The van der Waals surface area contributed by atoms with Crippen LogP contribution in [0, 0.1) is 0 Å². The van der Waals surface area contributed by atoms with E-state index in [1.165, 1.54) is 5.56 Å². The van der Waals surface area contributed by atoms with Gasteiger partial charge in [-0.3, -0.25) is 0 Å². The fraction of sp³-hybridized carbons (Fsp3) is 0.238. The van der Waals surface area contributed by atoms with Crippen molar-refractivity contribution in [1.82, 2.24) is 9.97 Å². The summed E-state index contributed by atoms with van der Waals surface area (Å²) in [6.45, 7) is 2.92. The number of benzene rings is 2. The van der Waals surface area contributed by atoms with Gasteiger partial charge in [-0.05, 0) is 30.5 Å². The molecule has 0 aliphatic carbocycles. The van der Waals surface area contributed by atoms with Gasteiger partial charge in [0.15, 0.2) is 11.4 Å². The molecule has 4 aromatic rings. The van der Waals surface area contributed by atoms with E-state index in [9.17, 15) is 0 Å². The van der Waals surface area contributed by atoms with Crippen molar-refractivity contribution >= 4 is 27.9 Å². The molecule has 4 rings (SSSR count). The quantitative estimate of drug-likeness (QED) is 0.506. The molecular weight excluding hydrogens is 310 g/mol. The van der Waals surface area contributed by atoms with Crippen LogP contribution in [0.3, 0.4) is 0 Å². The van der Waals surface area contributed by atoms with Gasteiger partial charge >= 0.3 is 0 Å². The van der Waals surface area contributed by atoms with Gasteiger partial charge in [0.1, 0.15) is 16.9 Å². The van der Waals surface area contributed by atoms with Crippen LogP contribution in [-0.2, 0) is 12.8 Å². The largest absolute Gasteiger partial charge is 0.450 e. The second kappa shape index (κ2) is 6.93. The maximum Gasteiger partial charge on any atom is 0.196 e. The second-order valence-electron chi connectivity index (χ2n) is 6.13. The van der Waals surface area contributed by atoms with E-state index in [-0.39, 0.29) is 0 Å². The summed E-state index contributed by atoms with van der Waals surface area (Å²) < 4.78 is 6.01. The Labute approximate surface area is 146 Å². The summed E-state index contributed by atoms with van der Waals surface area (Å²) >= 11 is 0. The standard InChI is InChI=1S/C21H21N3O/c1-2-18-23-19-16-12-6-7-13-17(16)25-20(19)21(24-18)22-14-8-11-15-9-4-3-5-10-15/h3-7,9-10,12-13H,2,8,11,14H2,1H3,(H,22,23,24). The van der Waals surface area contributed by atoms with E-state index in [1.54, 1.807) is 0 Å². The molecule has 0 bridgehead atoms. The summed E-state index contributed by atoms with van der Waals surface area (Å²) in [4.78, 5) is 9.32. The summed E-state index contributed by atoms with van der Waals surface area (Å²) in [5, 5.41) is 4.49. The van der Waals surface area contributed by atoms with Crippen molar-refractivity contribution in [2.45, 2.75) is 26.2 Å². The number of hydrogen-bond donors (Lipinski definition) is 1. The Bertz CT molecular complexity index is 992. The van der Waals surface area contributed by atoms with E-state index in [1.807, 2.05) is 30.3 Å². The predicted molar refractivity (Wildman–Crippen MR) is 102 cm³/mol. The first-order valence-corrected chi connectivity index (χ1v) is 8.81. The van der Waals surface area contributed by atoms with Crippen LogP contribution >= 0.6 is 0 Å². The Hall–Kier alpha value is -2.88. The van der Waals surface area contributed by atoms with E-state index in [0.717, 1.165) is 59.5 Å². The van der Waals surface area contributed by atoms with Crippen LogP contribution in [0.1, 0.15) is 24.7 Å². The topological polar surface area (TPSA) is 51.0 Å². The molecule has 0 atom stereocenters. The van der Waals surface area contributed by atoms with Crippen LogP contribution in [0.4, 0.5) is 5.82 Å². The molecule has 0 saturated carbocycles. The lowest BCUT2D eigenvalue weighted by Gasteiger charge is -2.07. The maximum absolute atomic E-state index is 6.01. The Kier molecular flexibility index (Phi) is 4.34. The molecule has 126 valence electrons. The van der Waals surface area contributed by atoms with Crippen molar-refractivity contribution in [3.05, 3.63) is 66.0 Å². The zero-order valence-corrected chi connectivity index (χ0v) is 14.3. The molecular formula is C21H21N3O. The van der Waals surface area contributed by atoms with Gasteiger partial charge in [-0.25, -0.2) is 9.97 Å². The van der Waals surface area contributed by atoms with Crippen molar-refractivity contribution in [3.8, 4) is 0 Å². The zero-order valence-electron chi connectivity index (χ0n) is 14.3. The predicted octanol–water partition coefficient (Wildman–Crippen LogP) is 4.98. The molecule has 0 spiro atoms. The van der Waals surface area contributed by atoms with E-state index in [4.69, 9.17) is 4.42 Å². The van der Waals surface area contributed by atoms with Gasteiger partial charge in [-0.2, -0.15) is 0 Å². The van der Waals surface area contributed by atoms with Gasteiger partial charge in [0.2, 0.25) is 0 Å². The molecule has 1 N–H and O–H groups in total. The summed E-state index contributed by atoms with van der Waals surface area (Å²) in [6.07, 6.45) is 2.88. The van der Waals surface area contributed by atoms with Gasteiger partial charge in [0.05, 0.1) is 0 Å². The van der Waals surface area contributed by atoms with Gasteiger partial charge in [0, 0.05) is 18.4 Å². The first-order chi connectivity index (χ1) is 12.3. The number of hydrogen-bond acceptors (Lipinski definition) is 4. The Morgan fingerprint density at radius 1 is 0.960 bits per heavy atom. The summed E-state index contributed by atoms with van der Waals surface area (Å²) in [5.74, 6) is 1.63. The van der Waals surface area contributed by atoms with Crippen molar-refractivity contribution in [3.63, 3.8) is 0 Å². The van der Waals surface area contributed by atoms with Crippen LogP contribution in [0.5, 0.6) is 0 Å². The molecule has 2 aromatic heterocycles. The van der Waals surface area contributed by atoms with Crippen molar-refractivity contribution in [2.24, 2.45) is 0 Å². The van der Waals surface area contributed by atoms with E-state index in [2.05, 4.69) is 46.5 Å². The number of anilines is 1. The molecule has 0 aliphatic heterocycles. The molecule has 0 radical (unpaired) electrons. The molecule has 4 heteroatoms. The first kappa shape index (κ1) is 15.6. The smallest absolute Gasteiger partial charge is 0.196 e. The second-order valence-corrected chi connectivity index (χ2v) is 6.13. The maximum atomic E-state index is 6.01. The van der Waals surface area contributed by atoms with Crippen LogP contribution in [-0.4, -0.2) is 16.5 Å². The van der Waals surface area contributed by atoms with Gasteiger partial charge < -0.3 is 9.73 Å². The monoisotopic (exact) mass is 331 g/mol. The summed E-state index contributed by atoms with van der Waals surface area (Å²) in [7, 11) is 0. The molecule has 2 heterocycles. The van der Waals surface area contributed by atoms with Crippen molar-refractivity contribution in [1.29, 1.82) is 0 Å². The summed E-state index contributed by atoms with van der Waals surface area (Å²) in [5.41, 5.74) is 3.86. The number of furan rings is 1. The Balaban J connectivity index is 1.57. The normalized spacial score (nSPS) is 11.2. The van der Waals surface area contributed by atoms with Crippen molar-refractivity contribution in [2.75, 3.05) is 11.9 Å². The van der Waals surface area contributed by atoms with Gasteiger partial charge in [-0.15, -0.1) is 0 Å². The van der Waals surface area contributed by atoms with Gasteiger partial charge in [-0.1, -0.05) is 49.4 Å². The number of para-hydroxylation sites is 1. The van der Waals surface area contributed by atoms with Gasteiger partial charge in [0.25, 0.3) is 0 Å². The number of nitrogens with one attached hydrogen (secondary N) is 1. The molecule has 25 heavy (non-hydrogen) atoms. The SMILES string of the molecule is CCc1nc(NCCCc2ccccc2)c2oc3ccccc3c2n1. The molecule has 0 aliphatic rings. The molecule has 2 aromatic carbocycles. The fourth-order valence-electron chi connectivity index (χ4n) is 3.06. The first-order valence-electron chi connectivity index (χ1n) is 8.81. The lowest BCUT2D eigenvalue weighted by molar-refractivity contribution is 0.665. The highest BCUT2D eigenvalue weighted by molar-refractivity contribution is 6.05. The van der Waals surface area contributed by atoms with E-state index >= 15 is 0 Å². The third-order valence-electron chi connectivity index (χ3n) is 4.36. The molecule has 0 fully saturated rings. The highest BCUT2D eigenvalue weighted by Gasteiger charge is 2.14. The average Bonchev–Trinajstić information content (AvgIpc) is 3.04.